The number of anilines is 1. The maximum absolute atomic E-state index is 14.5. The molecule has 424 valence electrons. The molecule has 1 heterocycles. The van der Waals surface area contributed by atoms with Gasteiger partial charge in [-0.15, -0.1) is 0 Å². The lowest BCUT2D eigenvalue weighted by Crippen LogP contribution is -2.56. The van der Waals surface area contributed by atoms with E-state index in [0.717, 1.165) is 12.0 Å². The number of hydrogen-bond donors (Lipinski definition) is 6. The molecule has 20 nitrogen and oxygen atoms in total. The molecule has 1 fully saturated rings. The second-order valence-corrected chi connectivity index (χ2v) is 20.9. The largest absolute Gasteiger partial charge is 0.467 e. The smallest absolute Gasteiger partial charge is 0.410 e. The van der Waals surface area contributed by atoms with Gasteiger partial charge in [0.05, 0.1) is 49.8 Å². The van der Waals surface area contributed by atoms with Gasteiger partial charge in [-0.3, -0.25) is 28.9 Å². The summed E-state index contributed by atoms with van der Waals surface area (Å²) in [6.45, 7) is 15.6. The average molecular weight is 1070 g/mol. The first-order valence-electron chi connectivity index (χ1n) is 26.7. The van der Waals surface area contributed by atoms with Crippen LogP contribution in [0.15, 0.2) is 54.6 Å². The summed E-state index contributed by atoms with van der Waals surface area (Å²) in [5.74, 6) is -4.35. The summed E-state index contributed by atoms with van der Waals surface area (Å²) < 4.78 is 22.7. The molecule has 1 aliphatic rings. The van der Waals surface area contributed by atoms with Crippen molar-refractivity contribution in [3.05, 3.63) is 65.7 Å². The maximum atomic E-state index is 14.5. The Morgan fingerprint density at radius 2 is 1.47 bits per heavy atom. The van der Waals surface area contributed by atoms with Crippen LogP contribution >= 0.6 is 0 Å². The summed E-state index contributed by atoms with van der Waals surface area (Å²) in [7, 11) is 5.84. The fourth-order valence-electron chi connectivity index (χ4n) is 10.0. The Hall–Kier alpha value is -6.12. The number of ether oxygens (including phenoxy) is 4. The van der Waals surface area contributed by atoms with E-state index in [9.17, 15) is 38.4 Å². The third-order valence-corrected chi connectivity index (χ3v) is 14.7. The standard InChI is InChI=1S/C56H88N8O12/c1-13-35(6)41(45(73-10)31-46(65)64-28-18-22-44(64)50(74-11)37(8)51(67)61-43(54(70)75-12)30-38-19-15-14-16-20-38)29-36(7)49(66)47(33(2)3)62-53(69)48(34(4)5)63(9)56(72)76-32-39-23-25-40(26-24-39)60-52(68)42(57)21-17-27-59-55(58)71/h14-16,19-20,23-26,33-37,41-45,47-48,50H,13,17-18,21-22,27-32,57H2,1-12H3,(H,60,68)(H,61,67)(H,62,69)(H3,58,59,71). The van der Waals surface area contributed by atoms with Gasteiger partial charge in [-0.2, -0.15) is 0 Å². The molecule has 0 saturated carbocycles. The number of likely N-dealkylation sites (tertiary alicyclic amines) is 1. The monoisotopic (exact) mass is 1060 g/mol. The minimum absolute atomic E-state index is 0.0318. The minimum Gasteiger partial charge on any atom is -0.467 e. The number of benzene rings is 2. The molecule has 0 radical (unpaired) electrons. The van der Waals surface area contributed by atoms with Crippen molar-refractivity contribution < 1.29 is 57.3 Å². The van der Waals surface area contributed by atoms with Crippen LogP contribution in [0.5, 0.6) is 0 Å². The number of Topliss-reactive ketones (excluding diaryl/α,β-unsaturated/α-hetero) is 1. The summed E-state index contributed by atoms with van der Waals surface area (Å²) in [6, 6.07) is 11.3. The van der Waals surface area contributed by atoms with Crippen molar-refractivity contribution in [1.29, 1.82) is 0 Å². The fraction of sp³-hybridized carbons (Fsp3) is 0.643. The molecular weight excluding hydrogens is 977 g/mol. The third kappa shape index (κ3) is 19.2. The summed E-state index contributed by atoms with van der Waals surface area (Å²) in [6.07, 6.45) is 1.54. The number of nitrogens with two attached hydrogens (primary N) is 2. The molecule has 0 aliphatic carbocycles. The highest BCUT2D eigenvalue weighted by Gasteiger charge is 2.43. The predicted molar refractivity (Wildman–Crippen MR) is 289 cm³/mol. The Balaban J connectivity index is 1.67. The van der Waals surface area contributed by atoms with Gasteiger partial charge in [-0.25, -0.2) is 14.4 Å². The van der Waals surface area contributed by atoms with Crippen molar-refractivity contribution in [2.24, 2.45) is 47.0 Å². The molecule has 8 N–H and O–H groups in total. The molecule has 11 unspecified atom stereocenters. The molecule has 76 heavy (non-hydrogen) atoms. The van der Waals surface area contributed by atoms with Crippen LogP contribution in [0.3, 0.4) is 0 Å². The van der Waals surface area contributed by atoms with E-state index in [0.29, 0.717) is 56.4 Å². The normalized spacial score (nSPS) is 17.4. The van der Waals surface area contributed by atoms with E-state index in [1.54, 1.807) is 57.0 Å². The van der Waals surface area contributed by atoms with E-state index in [4.69, 9.17) is 30.4 Å². The summed E-state index contributed by atoms with van der Waals surface area (Å²) in [5.41, 5.74) is 13.0. The zero-order valence-corrected chi connectivity index (χ0v) is 46.9. The molecule has 1 aliphatic heterocycles. The van der Waals surface area contributed by atoms with Gasteiger partial charge in [0.2, 0.25) is 23.6 Å². The topological polar surface area (TPSA) is 280 Å². The van der Waals surface area contributed by atoms with Crippen LogP contribution in [-0.4, -0.2) is 141 Å². The number of carbonyl (C=O) groups is 8. The van der Waals surface area contributed by atoms with Gasteiger partial charge in [0.1, 0.15) is 18.7 Å². The van der Waals surface area contributed by atoms with Crippen LogP contribution in [0.4, 0.5) is 15.3 Å². The van der Waals surface area contributed by atoms with Crippen LogP contribution in [0.1, 0.15) is 111 Å². The summed E-state index contributed by atoms with van der Waals surface area (Å²) >= 11 is 0. The number of likely N-dealkylation sites (N-methyl/N-ethyl adjacent to an activating group) is 1. The van der Waals surface area contributed by atoms with E-state index < -0.39 is 90.1 Å². The molecule has 20 heteroatoms. The molecule has 3 rings (SSSR count). The van der Waals surface area contributed by atoms with E-state index in [1.165, 1.54) is 26.2 Å². The number of primary amides is 1. The molecule has 7 amide bonds. The minimum atomic E-state index is -0.983. The molecule has 0 aromatic heterocycles. The Morgan fingerprint density at radius 1 is 0.816 bits per heavy atom. The highest BCUT2D eigenvalue weighted by Crippen LogP contribution is 2.33. The lowest BCUT2D eigenvalue weighted by molar-refractivity contribution is -0.147. The van der Waals surface area contributed by atoms with Gasteiger partial charge < -0.3 is 56.6 Å². The average Bonchev–Trinajstić information content (AvgIpc) is 3.88. The van der Waals surface area contributed by atoms with E-state index in [1.807, 2.05) is 51.1 Å². The number of amides is 7. The van der Waals surface area contributed by atoms with Crippen LogP contribution in [0.25, 0.3) is 0 Å². The number of nitrogens with zero attached hydrogens (tertiary/aromatic N) is 2. The van der Waals surface area contributed by atoms with Gasteiger partial charge in [-0.05, 0) is 79.0 Å². The number of rotatable bonds is 31. The van der Waals surface area contributed by atoms with Crippen molar-refractivity contribution in [3.63, 3.8) is 0 Å². The van der Waals surface area contributed by atoms with E-state index >= 15 is 0 Å². The zero-order chi connectivity index (χ0) is 56.8. The SMILES string of the molecule is CCC(C)C(CC(C)C(=O)C(NC(=O)C(C(C)C)N(C)C(=O)OCc1ccc(NC(=O)C(N)CCCNC(N)=O)cc1)C(C)C)C(CC(=O)N1CCCC1C(OC)C(C)C(=O)NC(Cc1ccccc1)C(=O)OC)OC. The molecule has 2 aromatic carbocycles. The molecular formula is C56H88N8O12. The number of hydrogen-bond acceptors (Lipinski definition) is 13. The molecule has 1 saturated heterocycles. The first-order valence-corrected chi connectivity index (χ1v) is 26.7. The van der Waals surface area contributed by atoms with Crippen LogP contribution in [0, 0.1) is 35.5 Å². The Labute approximate surface area is 450 Å². The number of urea groups is 1. The number of ketones is 1. The van der Waals surface area contributed by atoms with Crippen LogP contribution in [0.2, 0.25) is 0 Å². The first-order chi connectivity index (χ1) is 36.0. The van der Waals surface area contributed by atoms with Gasteiger partial charge in [0.15, 0.2) is 5.78 Å². The third-order valence-electron chi connectivity index (χ3n) is 14.7. The van der Waals surface area contributed by atoms with Gasteiger partial charge in [0.25, 0.3) is 0 Å². The highest BCUT2D eigenvalue weighted by molar-refractivity contribution is 5.95. The van der Waals surface area contributed by atoms with Crippen molar-refractivity contribution in [3.8, 4) is 0 Å². The second-order valence-electron chi connectivity index (χ2n) is 20.9. The van der Waals surface area contributed by atoms with E-state index in [2.05, 4.69) is 35.1 Å². The number of nitrogens with one attached hydrogen (secondary N) is 4. The molecule has 2 aromatic rings. The lowest BCUT2D eigenvalue weighted by atomic mass is 9.77. The highest BCUT2D eigenvalue weighted by atomic mass is 16.6. The molecule has 11 atom stereocenters. The van der Waals surface area contributed by atoms with Crippen LogP contribution in [-0.2, 0) is 60.7 Å². The second kappa shape index (κ2) is 31.8. The zero-order valence-electron chi connectivity index (χ0n) is 46.9. The quantitative estimate of drug-likeness (QED) is 0.0412. The molecule has 0 spiro atoms. The number of esters is 1. The Morgan fingerprint density at radius 3 is 2.04 bits per heavy atom. The Bertz CT molecular complexity index is 2200. The molecule has 0 bridgehead atoms. The van der Waals surface area contributed by atoms with E-state index in [-0.39, 0.29) is 54.8 Å². The first kappa shape index (κ1) is 64.2. The van der Waals surface area contributed by atoms with Crippen molar-refractivity contribution >= 4 is 53.2 Å². The lowest BCUT2D eigenvalue weighted by Gasteiger charge is -2.37. The number of methoxy groups -OCH3 is 3. The van der Waals surface area contributed by atoms with Crippen LogP contribution < -0.4 is 32.7 Å². The van der Waals surface area contributed by atoms with Gasteiger partial charge in [0, 0.05) is 52.4 Å². The summed E-state index contributed by atoms with van der Waals surface area (Å²) in [4.78, 5) is 109. The van der Waals surface area contributed by atoms with Crippen molar-refractivity contribution in [1.82, 2.24) is 25.8 Å². The summed E-state index contributed by atoms with van der Waals surface area (Å²) in [5, 5.41) is 11.0. The maximum Gasteiger partial charge on any atom is 0.410 e. The van der Waals surface area contributed by atoms with Crippen molar-refractivity contribution in [2.75, 3.05) is 46.8 Å². The Kier molecular flexibility index (Phi) is 26.9. The fourth-order valence-corrected chi connectivity index (χ4v) is 10.0. The van der Waals surface area contributed by atoms with Crippen molar-refractivity contribution in [2.45, 2.75) is 156 Å². The van der Waals surface area contributed by atoms with Gasteiger partial charge in [-0.1, -0.05) is 104 Å². The van der Waals surface area contributed by atoms with Gasteiger partial charge >= 0.3 is 18.1 Å². The number of carbonyl (C=O) groups excluding carboxylic acids is 8. The predicted octanol–water partition coefficient (Wildman–Crippen LogP) is 5.34.